The van der Waals surface area contributed by atoms with Crippen LogP contribution < -0.4 is 0 Å². The number of aliphatic hydroxyl groups excluding tert-OH is 2. The summed E-state index contributed by atoms with van der Waals surface area (Å²) >= 11 is 9.52. The van der Waals surface area contributed by atoms with Crippen molar-refractivity contribution >= 4 is 40.7 Å². The Morgan fingerprint density at radius 1 is 1.34 bits per heavy atom. The summed E-state index contributed by atoms with van der Waals surface area (Å²) in [5.74, 6) is -1.14. The Balaban J connectivity index is 1.53. The lowest BCUT2D eigenvalue weighted by Gasteiger charge is -2.22. The van der Waals surface area contributed by atoms with Crippen LogP contribution >= 0.6 is 34.7 Å². The van der Waals surface area contributed by atoms with Crippen molar-refractivity contribution < 1.29 is 24.1 Å². The smallest absolute Gasteiger partial charge is 0.353 e. The fourth-order valence-electron chi connectivity index (χ4n) is 4.48. The van der Waals surface area contributed by atoms with E-state index in [1.54, 1.807) is 11.8 Å². The first-order valence-corrected chi connectivity index (χ1v) is 14.6. The number of alkyl halides is 1. The molecule has 2 N–H and O–H groups in total. The number of esters is 1. The number of aromatic nitrogens is 1. The van der Waals surface area contributed by atoms with E-state index in [4.69, 9.17) is 21.4 Å². The maximum Gasteiger partial charge on any atom is 0.353 e. The number of hydrogen-bond acceptors (Lipinski definition) is 7. The van der Waals surface area contributed by atoms with E-state index in [9.17, 15) is 14.3 Å². The molecule has 35 heavy (non-hydrogen) atoms. The van der Waals surface area contributed by atoms with E-state index in [-0.39, 0.29) is 28.7 Å². The molecule has 0 amide bonds. The fraction of sp³-hybridized carbons (Fsp3) is 0.615. The van der Waals surface area contributed by atoms with Crippen LogP contribution in [0.1, 0.15) is 84.6 Å². The van der Waals surface area contributed by atoms with Crippen LogP contribution in [0.25, 0.3) is 0 Å². The van der Waals surface area contributed by atoms with E-state index in [0.717, 1.165) is 73.2 Å². The van der Waals surface area contributed by atoms with E-state index in [1.165, 1.54) is 0 Å². The Morgan fingerprint density at radius 3 is 2.94 bits per heavy atom. The molecule has 1 aliphatic carbocycles. The van der Waals surface area contributed by atoms with Crippen molar-refractivity contribution in [3.63, 3.8) is 0 Å². The van der Waals surface area contributed by atoms with Gasteiger partial charge in [0, 0.05) is 15.5 Å². The number of carbonyl (C=O) groups excluding carboxylic acids is 1. The Kier molecular flexibility index (Phi) is 11.8. The first-order valence-electron chi connectivity index (χ1n) is 12.4. The van der Waals surface area contributed by atoms with Crippen molar-refractivity contribution in [2.45, 2.75) is 86.3 Å². The Bertz CT molecular complexity index is 944. The minimum Gasteiger partial charge on any atom is -0.459 e. The number of aryl methyl sites for hydroxylation is 1. The number of hydrogen-bond donors (Lipinski definition) is 2. The summed E-state index contributed by atoms with van der Waals surface area (Å²) in [6.45, 7) is 1.70. The minimum atomic E-state index is -0.806. The van der Waals surface area contributed by atoms with Crippen LogP contribution in [0.2, 0.25) is 0 Å². The first kappa shape index (κ1) is 28.4. The van der Waals surface area contributed by atoms with E-state index >= 15 is 0 Å². The molecule has 1 fully saturated rings. The quantitative estimate of drug-likeness (QED) is 0.160. The number of benzene rings is 1. The van der Waals surface area contributed by atoms with Gasteiger partial charge in [-0.2, -0.15) is 4.39 Å². The molecule has 0 bridgehead atoms. The normalized spacial score (nSPS) is 20.8. The number of carbonyl (C=O) groups is 1. The third-order valence-corrected chi connectivity index (χ3v) is 9.56. The summed E-state index contributed by atoms with van der Waals surface area (Å²) in [7, 11) is 0. The molecule has 0 spiro atoms. The lowest BCUT2D eigenvalue weighted by Crippen LogP contribution is -2.18. The number of rotatable bonds is 14. The molecule has 1 heterocycles. The van der Waals surface area contributed by atoms with Crippen LogP contribution in [0, 0.1) is 11.9 Å². The molecule has 1 aliphatic rings. The number of unbranched alkanes of at least 4 members (excludes halogenated alkanes) is 2. The van der Waals surface area contributed by atoms with Crippen molar-refractivity contribution in [1.82, 2.24) is 4.98 Å². The topological polar surface area (TPSA) is 79.7 Å². The van der Waals surface area contributed by atoms with Crippen LogP contribution in [0.5, 0.6) is 0 Å². The highest BCUT2D eigenvalue weighted by Crippen LogP contribution is 2.44. The predicted octanol–water partition coefficient (Wildman–Crippen LogP) is 6.55. The molecule has 1 saturated carbocycles. The molecule has 5 nitrogen and oxygen atoms in total. The Hall–Kier alpha value is -1.19. The number of halogens is 2. The summed E-state index contributed by atoms with van der Waals surface area (Å²) < 4.78 is 18.8. The molecule has 2 aromatic rings. The van der Waals surface area contributed by atoms with E-state index in [2.05, 4.69) is 24.0 Å². The van der Waals surface area contributed by atoms with Gasteiger partial charge in [-0.3, -0.25) is 0 Å². The van der Waals surface area contributed by atoms with Crippen molar-refractivity contribution in [3.8, 4) is 0 Å². The Labute approximate surface area is 220 Å². The van der Waals surface area contributed by atoms with Gasteiger partial charge in [-0.25, -0.2) is 9.78 Å². The second-order valence-corrected chi connectivity index (χ2v) is 11.9. The summed E-state index contributed by atoms with van der Waals surface area (Å²) in [5, 5.41) is 20.3. The van der Waals surface area contributed by atoms with Crippen LogP contribution in [-0.2, 0) is 11.2 Å². The third kappa shape index (κ3) is 8.42. The van der Waals surface area contributed by atoms with Crippen molar-refractivity contribution in [2.24, 2.45) is 5.92 Å². The minimum absolute atomic E-state index is 0.0911. The summed E-state index contributed by atoms with van der Waals surface area (Å²) in [4.78, 5) is 16.8. The third-order valence-electron chi connectivity index (χ3n) is 6.34. The first-order chi connectivity index (χ1) is 16.9. The number of aliphatic hydroxyl groups is 2. The number of nitrogens with zero attached hydrogens (tertiary/aromatic N) is 1. The van der Waals surface area contributed by atoms with E-state index in [1.807, 2.05) is 12.1 Å². The van der Waals surface area contributed by atoms with E-state index < -0.39 is 18.0 Å². The molecular weight excluding hydrogens is 509 g/mol. The highest BCUT2D eigenvalue weighted by atomic mass is 35.5. The lowest BCUT2D eigenvalue weighted by molar-refractivity contribution is 0.0434. The molecule has 1 aromatic carbocycles. The Morgan fingerprint density at radius 2 is 2.17 bits per heavy atom. The molecule has 9 heteroatoms. The van der Waals surface area contributed by atoms with Gasteiger partial charge in [0.25, 0.3) is 0 Å². The van der Waals surface area contributed by atoms with Gasteiger partial charge in [-0.15, -0.1) is 34.7 Å². The maximum absolute atomic E-state index is 14.0. The van der Waals surface area contributed by atoms with Gasteiger partial charge >= 0.3 is 5.97 Å². The fourth-order valence-corrected chi connectivity index (χ4v) is 7.27. The zero-order valence-corrected chi connectivity index (χ0v) is 22.5. The molecule has 3 unspecified atom stereocenters. The second-order valence-electron chi connectivity index (χ2n) is 9.00. The average Bonchev–Trinajstić information content (AvgIpc) is 3.40. The van der Waals surface area contributed by atoms with Crippen molar-refractivity contribution in [1.29, 1.82) is 0 Å². The highest BCUT2D eigenvalue weighted by Gasteiger charge is 2.35. The standard InChI is InChI=1S/C26H35ClFNO4S2/c1-2-3-4-10-21(31)18-8-5-9-19(16-18)34-23-17(12-13-20(23)27)7-6-11-22-29-25(28)24(35-22)26(32)33-15-14-30/h5,8-9,16-17,20-21,23,30-31H,2-4,6-7,10-15H2,1H3/t17-,20?,21?,23?/m0/s1. The maximum atomic E-state index is 14.0. The van der Waals surface area contributed by atoms with Crippen LogP contribution in [0.4, 0.5) is 4.39 Å². The van der Waals surface area contributed by atoms with Gasteiger partial charge in [0.2, 0.25) is 5.95 Å². The number of thioether (sulfide) groups is 1. The van der Waals surface area contributed by atoms with Crippen LogP contribution in [0.3, 0.4) is 0 Å². The zero-order valence-electron chi connectivity index (χ0n) is 20.1. The van der Waals surface area contributed by atoms with Gasteiger partial charge in [0.1, 0.15) is 6.61 Å². The molecular formula is C26H35ClFNO4S2. The highest BCUT2D eigenvalue weighted by molar-refractivity contribution is 8.00. The van der Waals surface area contributed by atoms with Gasteiger partial charge in [-0.05, 0) is 62.1 Å². The zero-order chi connectivity index (χ0) is 25.2. The monoisotopic (exact) mass is 543 g/mol. The van der Waals surface area contributed by atoms with Crippen molar-refractivity contribution in [3.05, 3.63) is 45.7 Å². The average molecular weight is 544 g/mol. The largest absolute Gasteiger partial charge is 0.459 e. The van der Waals surface area contributed by atoms with E-state index in [0.29, 0.717) is 17.3 Å². The molecule has 194 valence electrons. The predicted molar refractivity (Wildman–Crippen MR) is 140 cm³/mol. The molecule has 0 radical (unpaired) electrons. The van der Waals surface area contributed by atoms with Crippen molar-refractivity contribution in [2.75, 3.05) is 13.2 Å². The van der Waals surface area contributed by atoms with Crippen LogP contribution in [-0.4, -0.2) is 45.0 Å². The summed E-state index contributed by atoms with van der Waals surface area (Å²) in [5.41, 5.74) is 0.964. The van der Waals surface area contributed by atoms with Gasteiger partial charge in [0.15, 0.2) is 4.88 Å². The molecule has 0 aliphatic heterocycles. The second kappa shape index (κ2) is 14.5. The molecule has 1 aromatic heterocycles. The summed E-state index contributed by atoms with van der Waals surface area (Å²) in [6, 6.07) is 8.18. The molecule has 3 rings (SSSR count). The number of thiazole rings is 1. The lowest BCUT2D eigenvalue weighted by atomic mass is 10.0. The number of ether oxygens (including phenoxy) is 1. The van der Waals surface area contributed by atoms with Gasteiger partial charge < -0.3 is 14.9 Å². The molecule has 4 atom stereocenters. The summed E-state index contributed by atoms with van der Waals surface area (Å²) in [6.07, 6.45) is 8.04. The van der Waals surface area contributed by atoms with Crippen LogP contribution in [0.15, 0.2) is 29.2 Å². The SMILES string of the molecule is CCCCCC(O)c1cccc(SC2C(Cl)CC[C@@H]2CCCc2nc(F)c(C(=O)OCCO)s2)c1. The van der Waals surface area contributed by atoms with Gasteiger partial charge in [-0.1, -0.05) is 38.3 Å². The molecule has 0 saturated heterocycles. The van der Waals surface area contributed by atoms with Gasteiger partial charge in [0.05, 0.1) is 17.7 Å².